The number of aryl methyl sites for hydroxylation is 1. The Morgan fingerprint density at radius 1 is 1.29 bits per heavy atom. The minimum absolute atomic E-state index is 0.0535. The van der Waals surface area contributed by atoms with Crippen molar-refractivity contribution in [2.45, 2.75) is 44.7 Å². The molecular formula is C16H19FN2O2. The lowest BCUT2D eigenvalue weighted by molar-refractivity contribution is -0.125. The highest BCUT2D eigenvalue weighted by atomic mass is 19.1. The maximum atomic E-state index is 13.3. The summed E-state index contributed by atoms with van der Waals surface area (Å²) in [5.41, 5.74) is 0.888. The Hall–Kier alpha value is -1.91. The summed E-state index contributed by atoms with van der Waals surface area (Å²) in [6, 6.07) is 4.24. The molecule has 1 aromatic rings. The third-order valence-electron chi connectivity index (χ3n) is 4.14. The van der Waals surface area contributed by atoms with Crippen molar-refractivity contribution in [3.05, 3.63) is 35.1 Å². The summed E-state index contributed by atoms with van der Waals surface area (Å²) in [6.45, 7) is 2.21. The third-order valence-corrected chi connectivity index (χ3v) is 4.14. The number of carbonyl (C=O) groups is 2. The molecule has 3 rings (SSSR count). The lowest BCUT2D eigenvalue weighted by Gasteiger charge is -2.24. The number of rotatable bonds is 3. The molecule has 0 radical (unpaired) electrons. The van der Waals surface area contributed by atoms with Crippen LogP contribution >= 0.6 is 0 Å². The molecule has 1 heterocycles. The molecule has 1 N–H and O–H groups in total. The summed E-state index contributed by atoms with van der Waals surface area (Å²) >= 11 is 0. The molecule has 1 saturated carbocycles. The zero-order chi connectivity index (χ0) is 15.0. The van der Waals surface area contributed by atoms with Crippen molar-refractivity contribution in [2.24, 2.45) is 0 Å². The van der Waals surface area contributed by atoms with Crippen LogP contribution in [0.5, 0.6) is 0 Å². The van der Waals surface area contributed by atoms with E-state index in [1.165, 1.54) is 12.1 Å². The Kier molecular flexibility index (Phi) is 3.66. The summed E-state index contributed by atoms with van der Waals surface area (Å²) in [4.78, 5) is 26.4. The zero-order valence-electron chi connectivity index (χ0n) is 12.1. The molecule has 2 fully saturated rings. The van der Waals surface area contributed by atoms with Crippen LogP contribution in [0.1, 0.15) is 41.6 Å². The average molecular weight is 290 g/mol. The van der Waals surface area contributed by atoms with Gasteiger partial charge in [-0.3, -0.25) is 9.59 Å². The summed E-state index contributed by atoms with van der Waals surface area (Å²) < 4.78 is 13.3. The number of benzene rings is 1. The van der Waals surface area contributed by atoms with E-state index in [1.54, 1.807) is 17.9 Å². The number of halogens is 1. The van der Waals surface area contributed by atoms with Crippen molar-refractivity contribution in [3.8, 4) is 0 Å². The van der Waals surface area contributed by atoms with Crippen molar-refractivity contribution >= 4 is 11.8 Å². The van der Waals surface area contributed by atoms with Gasteiger partial charge in [-0.2, -0.15) is 0 Å². The number of nitrogens with zero attached hydrogens (tertiary/aromatic N) is 1. The Morgan fingerprint density at radius 3 is 2.71 bits per heavy atom. The van der Waals surface area contributed by atoms with E-state index in [4.69, 9.17) is 0 Å². The molecule has 1 unspecified atom stereocenters. The van der Waals surface area contributed by atoms with Gasteiger partial charge in [0.15, 0.2) is 0 Å². The highest BCUT2D eigenvalue weighted by Gasteiger charge is 2.36. The number of likely N-dealkylation sites (tertiary alicyclic amines) is 1. The highest BCUT2D eigenvalue weighted by molar-refractivity contribution is 5.98. The van der Waals surface area contributed by atoms with Gasteiger partial charge >= 0.3 is 0 Å². The molecule has 1 aliphatic heterocycles. The minimum atomic E-state index is -0.386. The summed E-state index contributed by atoms with van der Waals surface area (Å²) in [5.74, 6) is -0.565. The normalized spacial score (nSPS) is 21.4. The first-order valence-electron chi connectivity index (χ1n) is 7.44. The number of hydrogen-bond acceptors (Lipinski definition) is 2. The van der Waals surface area contributed by atoms with Crippen LogP contribution in [0.3, 0.4) is 0 Å². The van der Waals surface area contributed by atoms with Gasteiger partial charge in [0.05, 0.1) is 0 Å². The van der Waals surface area contributed by atoms with Crippen LogP contribution < -0.4 is 5.32 Å². The first-order chi connectivity index (χ1) is 10.1. The molecule has 0 bridgehead atoms. The third kappa shape index (κ3) is 2.91. The van der Waals surface area contributed by atoms with Gasteiger partial charge < -0.3 is 10.2 Å². The summed E-state index contributed by atoms with van der Waals surface area (Å²) in [5, 5.41) is 2.96. The van der Waals surface area contributed by atoms with Crippen LogP contribution in [0.2, 0.25) is 0 Å². The van der Waals surface area contributed by atoms with Gasteiger partial charge in [0, 0.05) is 18.2 Å². The van der Waals surface area contributed by atoms with Gasteiger partial charge in [0.1, 0.15) is 11.9 Å². The number of amides is 2. The SMILES string of the molecule is Cc1cc(C(=O)N2CCCC2C(=O)NC2CC2)ccc1F. The fourth-order valence-corrected chi connectivity index (χ4v) is 2.75. The molecule has 0 spiro atoms. The topological polar surface area (TPSA) is 49.4 Å². The van der Waals surface area contributed by atoms with Crippen LogP contribution in [-0.4, -0.2) is 35.3 Å². The molecule has 4 nitrogen and oxygen atoms in total. The highest BCUT2D eigenvalue weighted by Crippen LogP contribution is 2.24. The molecule has 5 heteroatoms. The molecule has 112 valence electrons. The number of nitrogens with one attached hydrogen (secondary N) is 1. The van der Waals surface area contributed by atoms with Crippen molar-refractivity contribution in [1.29, 1.82) is 0 Å². The van der Waals surface area contributed by atoms with Gasteiger partial charge in [-0.1, -0.05) is 0 Å². The van der Waals surface area contributed by atoms with Crippen molar-refractivity contribution in [1.82, 2.24) is 10.2 Å². The van der Waals surface area contributed by atoms with E-state index in [0.29, 0.717) is 30.1 Å². The Morgan fingerprint density at radius 2 is 2.05 bits per heavy atom. The molecule has 1 aromatic carbocycles. The Labute approximate surface area is 123 Å². The standard InChI is InChI=1S/C16H19FN2O2/c1-10-9-11(4-7-13(10)17)16(21)19-8-2-3-14(19)15(20)18-12-5-6-12/h4,7,9,12,14H,2-3,5-6,8H2,1H3,(H,18,20). The fraction of sp³-hybridized carbons (Fsp3) is 0.500. The lowest BCUT2D eigenvalue weighted by Crippen LogP contribution is -2.46. The quantitative estimate of drug-likeness (QED) is 0.926. The van der Waals surface area contributed by atoms with Crippen LogP contribution in [0.4, 0.5) is 4.39 Å². The zero-order valence-corrected chi connectivity index (χ0v) is 12.1. The van der Waals surface area contributed by atoms with E-state index in [-0.39, 0.29) is 23.7 Å². The van der Waals surface area contributed by atoms with E-state index in [9.17, 15) is 14.0 Å². The number of hydrogen-bond donors (Lipinski definition) is 1. The number of carbonyl (C=O) groups excluding carboxylic acids is 2. The van der Waals surface area contributed by atoms with E-state index in [0.717, 1.165) is 19.3 Å². The molecule has 1 aliphatic carbocycles. The lowest BCUT2D eigenvalue weighted by atomic mass is 10.1. The average Bonchev–Trinajstić information content (AvgIpc) is 3.14. The molecule has 21 heavy (non-hydrogen) atoms. The maximum absolute atomic E-state index is 13.3. The summed E-state index contributed by atoms with van der Waals surface area (Å²) in [6.07, 6.45) is 3.59. The van der Waals surface area contributed by atoms with Gasteiger partial charge in [-0.15, -0.1) is 0 Å². The Balaban J connectivity index is 1.75. The van der Waals surface area contributed by atoms with Crippen molar-refractivity contribution < 1.29 is 14.0 Å². The van der Waals surface area contributed by atoms with Crippen LogP contribution in [0.25, 0.3) is 0 Å². The Bertz CT molecular complexity index is 584. The molecule has 1 atom stereocenters. The van der Waals surface area contributed by atoms with Gasteiger partial charge in [-0.05, 0) is 56.4 Å². The molecule has 1 saturated heterocycles. The van der Waals surface area contributed by atoms with Crippen LogP contribution in [-0.2, 0) is 4.79 Å². The molecular weight excluding hydrogens is 271 g/mol. The van der Waals surface area contributed by atoms with Crippen LogP contribution in [0.15, 0.2) is 18.2 Å². The predicted molar refractivity (Wildman–Crippen MR) is 76.4 cm³/mol. The van der Waals surface area contributed by atoms with E-state index < -0.39 is 0 Å². The fourth-order valence-electron chi connectivity index (χ4n) is 2.75. The van der Waals surface area contributed by atoms with Crippen LogP contribution in [0, 0.1) is 12.7 Å². The second kappa shape index (κ2) is 5.47. The largest absolute Gasteiger partial charge is 0.352 e. The van der Waals surface area contributed by atoms with Crippen molar-refractivity contribution in [2.75, 3.05) is 6.54 Å². The minimum Gasteiger partial charge on any atom is -0.352 e. The molecule has 2 aliphatic rings. The first-order valence-corrected chi connectivity index (χ1v) is 7.44. The molecule has 2 amide bonds. The predicted octanol–water partition coefficient (Wildman–Crippen LogP) is 2.02. The maximum Gasteiger partial charge on any atom is 0.254 e. The van der Waals surface area contributed by atoms with Crippen molar-refractivity contribution in [3.63, 3.8) is 0 Å². The smallest absolute Gasteiger partial charge is 0.254 e. The summed E-state index contributed by atoms with van der Waals surface area (Å²) in [7, 11) is 0. The second-order valence-corrected chi connectivity index (χ2v) is 5.90. The van der Waals surface area contributed by atoms with Gasteiger partial charge in [0.2, 0.25) is 5.91 Å². The van der Waals surface area contributed by atoms with E-state index in [1.807, 2.05) is 0 Å². The second-order valence-electron chi connectivity index (χ2n) is 5.90. The van der Waals surface area contributed by atoms with Gasteiger partial charge in [-0.25, -0.2) is 4.39 Å². The van der Waals surface area contributed by atoms with E-state index in [2.05, 4.69) is 5.32 Å². The molecule has 0 aromatic heterocycles. The monoisotopic (exact) mass is 290 g/mol. The van der Waals surface area contributed by atoms with Gasteiger partial charge in [0.25, 0.3) is 5.91 Å². The first kappa shape index (κ1) is 14.0. The van der Waals surface area contributed by atoms with E-state index >= 15 is 0 Å².